The van der Waals surface area contributed by atoms with Crippen LogP contribution in [0.5, 0.6) is 0 Å². The first-order chi connectivity index (χ1) is 18.3. The number of hydrogen-bond donors (Lipinski definition) is 1. The molecular formula is C32H52O6. The van der Waals surface area contributed by atoms with Gasteiger partial charge in [-0.2, -0.15) is 0 Å². The fourth-order valence-electron chi connectivity index (χ4n) is 9.02. The van der Waals surface area contributed by atoms with Crippen molar-refractivity contribution in [2.75, 3.05) is 26.4 Å². The maximum absolute atomic E-state index is 12.2. The standard InChI is InChI=1S/C32H52O6/c1-4-30(12-16-37-30)10-6-8-14-35-27(24(3)28(33)34)29-19-25-18-26(20-29)22-32(21-25,23-29)36-15-9-7-11-31(5-2)13-17-38-31/h25-26H,4-23H2,1-3H3,(H,33,34). The number of unbranched alkanes of at least 4 members (excludes halogenated alkanes) is 2. The molecule has 0 spiro atoms. The van der Waals surface area contributed by atoms with Gasteiger partial charge in [0, 0.05) is 12.0 Å². The summed E-state index contributed by atoms with van der Waals surface area (Å²) in [6.07, 6.45) is 17.5. The Labute approximate surface area is 230 Å². The fraction of sp³-hybridized carbons (Fsp3) is 0.906. The minimum atomic E-state index is -0.846. The highest BCUT2D eigenvalue weighted by Crippen LogP contribution is 2.65. The van der Waals surface area contributed by atoms with Gasteiger partial charge in [0.25, 0.3) is 0 Å². The molecule has 1 N–H and O–H groups in total. The molecule has 2 saturated heterocycles. The molecule has 6 nitrogen and oxygen atoms in total. The van der Waals surface area contributed by atoms with Gasteiger partial charge in [0.2, 0.25) is 0 Å². The van der Waals surface area contributed by atoms with Crippen LogP contribution in [-0.4, -0.2) is 54.3 Å². The molecule has 4 aliphatic carbocycles. The van der Waals surface area contributed by atoms with E-state index in [4.69, 9.17) is 18.9 Å². The molecule has 0 aromatic rings. The van der Waals surface area contributed by atoms with Gasteiger partial charge in [-0.1, -0.05) is 13.8 Å². The van der Waals surface area contributed by atoms with Crippen molar-refractivity contribution in [2.45, 2.75) is 140 Å². The number of carbonyl (C=O) groups is 1. The molecule has 2 aliphatic heterocycles. The molecule has 0 amide bonds. The van der Waals surface area contributed by atoms with E-state index in [1.807, 2.05) is 0 Å². The smallest absolute Gasteiger partial charge is 0.334 e. The normalized spacial score (nSPS) is 39.9. The van der Waals surface area contributed by atoms with Gasteiger partial charge in [-0.15, -0.1) is 0 Å². The van der Waals surface area contributed by atoms with Crippen molar-refractivity contribution in [1.82, 2.24) is 0 Å². The summed E-state index contributed by atoms with van der Waals surface area (Å²) in [6, 6.07) is 0. The summed E-state index contributed by atoms with van der Waals surface area (Å²) < 4.78 is 25.0. The summed E-state index contributed by atoms with van der Waals surface area (Å²) in [5, 5.41) is 10.0. The van der Waals surface area contributed by atoms with Crippen molar-refractivity contribution in [3.05, 3.63) is 11.3 Å². The lowest BCUT2D eigenvalue weighted by atomic mass is 9.47. The third-order valence-corrected chi connectivity index (χ3v) is 11.1. The average Bonchev–Trinajstić information content (AvgIpc) is 2.82. The van der Waals surface area contributed by atoms with Crippen LogP contribution in [0.4, 0.5) is 0 Å². The molecule has 0 aromatic heterocycles. The average molecular weight is 533 g/mol. The van der Waals surface area contributed by atoms with Gasteiger partial charge in [-0.3, -0.25) is 0 Å². The lowest BCUT2D eigenvalue weighted by molar-refractivity contribution is -0.194. The summed E-state index contributed by atoms with van der Waals surface area (Å²) in [5.74, 6) is 1.15. The number of allylic oxidation sites excluding steroid dienone is 1. The third kappa shape index (κ3) is 5.69. The minimum Gasteiger partial charge on any atom is -0.497 e. The summed E-state index contributed by atoms with van der Waals surface area (Å²) in [5.41, 5.74) is 0.335. The van der Waals surface area contributed by atoms with Gasteiger partial charge >= 0.3 is 5.97 Å². The Balaban J connectivity index is 1.19. The van der Waals surface area contributed by atoms with E-state index in [1.165, 1.54) is 12.8 Å². The fourth-order valence-corrected chi connectivity index (χ4v) is 9.02. The van der Waals surface area contributed by atoms with E-state index in [-0.39, 0.29) is 22.2 Å². The molecule has 6 rings (SSSR count). The van der Waals surface area contributed by atoms with Crippen molar-refractivity contribution >= 4 is 5.97 Å². The number of hydrogen-bond acceptors (Lipinski definition) is 5. The molecule has 4 saturated carbocycles. The number of aliphatic carboxylic acids is 1. The highest BCUT2D eigenvalue weighted by molar-refractivity contribution is 5.86. The molecule has 4 atom stereocenters. The monoisotopic (exact) mass is 532 g/mol. The number of carboxylic acid groups (broad SMARTS) is 1. The SMILES string of the molecule is CCC1(CCCCOC(=C(C)C(=O)O)C23CC4CC(CC(OCCCCC5(CC)CCO5)(C4)C2)C3)CCO1. The predicted molar refractivity (Wildman–Crippen MR) is 147 cm³/mol. The van der Waals surface area contributed by atoms with Crippen LogP contribution in [0.1, 0.15) is 124 Å². The van der Waals surface area contributed by atoms with E-state index in [2.05, 4.69) is 13.8 Å². The Morgan fingerprint density at radius 3 is 1.89 bits per heavy atom. The van der Waals surface area contributed by atoms with E-state index < -0.39 is 5.97 Å². The summed E-state index contributed by atoms with van der Waals surface area (Å²) in [6.45, 7) is 9.39. The topological polar surface area (TPSA) is 74.2 Å². The van der Waals surface area contributed by atoms with Gasteiger partial charge in [-0.05, 0) is 121 Å². The van der Waals surface area contributed by atoms with Gasteiger partial charge in [0.05, 0.1) is 42.2 Å². The Hall–Kier alpha value is -1.11. The second kappa shape index (κ2) is 11.4. The van der Waals surface area contributed by atoms with Gasteiger partial charge in [0.1, 0.15) is 5.76 Å². The first-order valence-electron chi connectivity index (χ1n) is 15.8. The van der Waals surface area contributed by atoms with Crippen molar-refractivity contribution < 1.29 is 28.8 Å². The maximum atomic E-state index is 12.2. The molecule has 4 bridgehead atoms. The Morgan fingerprint density at radius 1 is 0.868 bits per heavy atom. The Morgan fingerprint density at radius 2 is 1.42 bits per heavy atom. The predicted octanol–water partition coefficient (Wildman–Crippen LogP) is 7.20. The van der Waals surface area contributed by atoms with E-state index in [0.717, 1.165) is 115 Å². The molecule has 0 aromatic carbocycles. The maximum Gasteiger partial charge on any atom is 0.334 e. The summed E-state index contributed by atoms with van der Waals surface area (Å²) in [7, 11) is 0. The molecule has 216 valence electrons. The summed E-state index contributed by atoms with van der Waals surface area (Å²) in [4.78, 5) is 12.2. The van der Waals surface area contributed by atoms with Crippen molar-refractivity contribution in [3.8, 4) is 0 Å². The van der Waals surface area contributed by atoms with E-state index >= 15 is 0 Å². The number of ether oxygens (including phenoxy) is 4. The van der Waals surface area contributed by atoms with Gasteiger partial charge < -0.3 is 24.1 Å². The largest absolute Gasteiger partial charge is 0.497 e. The van der Waals surface area contributed by atoms with Crippen LogP contribution in [-0.2, 0) is 23.7 Å². The number of rotatable bonds is 16. The van der Waals surface area contributed by atoms with Crippen molar-refractivity contribution in [1.29, 1.82) is 0 Å². The minimum absolute atomic E-state index is 0.0846. The van der Waals surface area contributed by atoms with Crippen LogP contribution in [0, 0.1) is 17.3 Å². The number of carboxylic acids is 1. The third-order valence-electron chi connectivity index (χ3n) is 11.1. The van der Waals surface area contributed by atoms with E-state index in [1.54, 1.807) is 6.92 Å². The van der Waals surface area contributed by atoms with E-state index in [9.17, 15) is 9.90 Å². The molecule has 38 heavy (non-hydrogen) atoms. The lowest BCUT2D eigenvalue weighted by Gasteiger charge is -2.62. The van der Waals surface area contributed by atoms with Crippen molar-refractivity contribution in [3.63, 3.8) is 0 Å². The molecule has 2 heterocycles. The van der Waals surface area contributed by atoms with Crippen LogP contribution in [0.15, 0.2) is 11.3 Å². The first-order valence-corrected chi connectivity index (χ1v) is 15.8. The van der Waals surface area contributed by atoms with Gasteiger partial charge in [-0.25, -0.2) is 4.79 Å². The summed E-state index contributed by atoms with van der Waals surface area (Å²) >= 11 is 0. The van der Waals surface area contributed by atoms with Crippen LogP contribution in [0.3, 0.4) is 0 Å². The molecule has 6 heteroatoms. The Kier molecular flexibility index (Phi) is 8.53. The quantitative estimate of drug-likeness (QED) is 0.129. The molecule has 0 radical (unpaired) electrons. The van der Waals surface area contributed by atoms with Crippen LogP contribution in [0.2, 0.25) is 0 Å². The van der Waals surface area contributed by atoms with E-state index in [0.29, 0.717) is 24.0 Å². The lowest BCUT2D eigenvalue weighted by Crippen LogP contribution is -2.58. The van der Waals surface area contributed by atoms with Crippen molar-refractivity contribution in [2.24, 2.45) is 17.3 Å². The zero-order valence-corrected chi connectivity index (χ0v) is 24.3. The highest BCUT2D eigenvalue weighted by atomic mass is 16.5. The second-order valence-electron chi connectivity index (χ2n) is 13.6. The van der Waals surface area contributed by atoms with Gasteiger partial charge in [0.15, 0.2) is 0 Å². The van der Waals surface area contributed by atoms with Crippen LogP contribution < -0.4 is 0 Å². The van der Waals surface area contributed by atoms with Crippen LogP contribution >= 0.6 is 0 Å². The molecule has 6 aliphatic rings. The second-order valence-corrected chi connectivity index (χ2v) is 13.6. The zero-order valence-electron chi connectivity index (χ0n) is 24.3. The Bertz CT molecular complexity index is 844. The highest BCUT2D eigenvalue weighted by Gasteiger charge is 2.60. The molecule has 4 unspecified atom stereocenters. The molecule has 6 fully saturated rings. The molecular weight excluding hydrogens is 480 g/mol. The van der Waals surface area contributed by atoms with Crippen LogP contribution in [0.25, 0.3) is 0 Å². The zero-order chi connectivity index (χ0) is 26.9. The first kappa shape index (κ1) is 28.4.